The highest BCUT2D eigenvalue weighted by Gasteiger charge is 2.33. The van der Waals surface area contributed by atoms with Crippen molar-refractivity contribution in [1.29, 1.82) is 0 Å². The van der Waals surface area contributed by atoms with Crippen LogP contribution in [0.25, 0.3) is 28.2 Å². The van der Waals surface area contributed by atoms with Gasteiger partial charge < -0.3 is 4.42 Å². The lowest BCUT2D eigenvalue weighted by atomic mass is 10.2. The largest absolute Gasteiger partial charge is 0.396 e. The average Bonchev–Trinajstić information content (AvgIpc) is 3.05. The van der Waals surface area contributed by atoms with E-state index in [-0.39, 0.29) is 0 Å². The summed E-state index contributed by atoms with van der Waals surface area (Å²) >= 11 is 0. The normalized spacial score (nSPS) is 13.1. The molecule has 19 heavy (non-hydrogen) atoms. The van der Waals surface area contributed by atoms with Gasteiger partial charge in [0.05, 0.1) is 11.3 Å². The fourth-order valence-electron chi connectivity index (χ4n) is 2.82. The molecular formula is C14H9N4O+. The van der Waals surface area contributed by atoms with Gasteiger partial charge in [-0.1, -0.05) is 0 Å². The SMILES string of the molecule is c1cnc2c(c1)-c1c3oc4ncccc4n3c[n+]1C2. The molecular weight excluding hydrogens is 240 g/mol. The van der Waals surface area contributed by atoms with Crippen molar-refractivity contribution in [2.45, 2.75) is 6.54 Å². The van der Waals surface area contributed by atoms with E-state index in [0.717, 1.165) is 34.7 Å². The van der Waals surface area contributed by atoms with Gasteiger partial charge in [-0.05, 0) is 24.3 Å². The van der Waals surface area contributed by atoms with Gasteiger partial charge in [0.25, 0.3) is 12.0 Å². The minimum absolute atomic E-state index is 0.665. The zero-order valence-electron chi connectivity index (χ0n) is 9.95. The van der Waals surface area contributed by atoms with Crippen molar-refractivity contribution in [2.75, 3.05) is 0 Å². The fourth-order valence-corrected chi connectivity index (χ4v) is 2.82. The van der Waals surface area contributed by atoms with Crippen LogP contribution in [0.3, 0.4) is 0 Å². The number of pyridine rings is 2. The van der Waals surface area contributed by atoms with Crippen molar-refractivity contribution in [3.8, 4) is 11.3 Å². The van der Waals surface area contributed by atoms with E-state index in [9.17, 15) is 0 Å². The molecule has 5 heterocycles. The molecule has 4 aromatic rings. The molecule has 0 spiro atoms. The zero-order chi connectivity index (χ0) is 12.4. The molecule has 0 N–H and O–H groups in total. The first-order valence-electron chi connectivity index (χ1n) is 6.14. The molecule has 0 aliphatic carbocycles. The van der Waals surface area contributed by atoms with Crippen molar-refractivity contribution in [3.05, 3.63) is 48.7 Å². The number of fused-ring (bicyclic) bond motifs is 7. The molecule has 90 valence electrons. The number of imidazole rings is 1. The molecule has 1 aliphatic heterocycles. The van der Waals surface area contributed by atoms with Gasteiger partial charge in [-0.3, -0.25) is 4.98 Å². The maximum atomic E-state index is 5.90. The Hall–Kier alpha value is -2.69. The third-order valence-corrected chi connectivity index (χ3v) is 3.63. The Kier molecular flexibility index (Phi) is 1.46. The van der Waals surface area contributed by atoms with Gasteiger partial charge in [0, 0.05) is 12.4 Å². The Bertz CT molecular complexity index is 951. The third-order valence-electron chi connectivity index (χ3n) is 3.63. The molecule has 0 saturated heterocycles. The second-order valence-electron chi connectivity index (χ2n) is 4.69. The van der Waals surface area contributed by atoms with E-state index in [2.05, 4.69) is 26.9 Å². The van der Waals surface area contributed by atoms with E-state index >= 15 is 0 Å². The first-order chi connectivity index (χ1) is 9.42. The van der Waals surface area contributed by atoms with Crippen molar-refractivity contribution < 1.29 is 8.98 Å². The Morgan fingerprint density at radius 2 is 2.05 bits per heavy atom. The van der Waals surface area contributed by atoms with E-state index in [0.29, 0.717) is 5.71 Å². The Morgan fingerprint density at radius 1 is 1.16 bits per heavy atom. The summed E-state index contributed by atoms with van der Waals surface area (Å²) in [5, 5.41) is 0. The standard InChI is InChI=1S/C14H9N4O/c1-3-9-10(15-5-1)7-17-8-18-11-4-2-6-16-13(11)19-14(18)12(9)17/h1-6,8H,7H2/q+1. The summed E-state index contributed by atoms with van der Waals surface area (Å²) in [5.74, 6) is 0. The topological polar surface area (TPSA) is 47.2 Å². The Balaban J connectivity index is 1.97. The van der Waals surface area contributed by atoms with Crippen LogP contribution in [0.4, 0.5) is 0 Å². The number of aromatic nitrogens is 4. The lowest BCUT2D eigenvalue weighted by Gasteiger charge is -1.90. The van der Waals surface area contributed by atoms with Gasteiger partial charge in [0.15, 0.2) is 5.52 Å². The molecule has 1 aliphatic rings. The van der Waals surface area contributed by atoms with Crippen LogP contribution < -0.4 is 4.57 Å². The van der Waals surface area contributed by atoms with Gasteiger partial charge >= 0.3 is 5.71 Å². The highest BCUT2D eigenvalue weighted by molar-refractivity contribution is 5.81. The molecule has 5 rings (SSSR count). The predicted octanol–water partition coefficient (Wildman–Crippen LogP) is 1.79. The van der Waals surface area contributed by atoms with Crippen LogP contribution in [0, 0.1) is 0 Å². The van der Waals surface area contributed by atoms with Crippen LogP contribution in [0.5, 0.6) is 0 Å². The summed E-state index contributed by atoms with van der Waals surface area (Å²) in [6.07, 6.45) is 5.63. The summed E-state index contributed by atoms with van der Waals surface area (Å²) in [5.41, 5.74) is 5.81. The summed E-state index contributed by atoms with van der Waals surface area (Å²) in [4.78, 5) is 8.68. The van der Waals surface area contributed by atoms with Crippen LogP contribution in [0.15, 0.2) is 47.4 Å². The van der Waals surface area contributed by atoms with Crippen molar-refractivity contribution in [1.82, 2.24) is 14.4 Å². The summed E-state index contributed by atoms with van der Waals surface area (Å²) in [6.45, 7) is 0.796. The van der Waals surface area contributed by atoms with Crippen molar-refractivity contribution in [2.24, 2.45) is 0 Å². The number of nitrogens with zero attached hydrogens (tertiary/aromatic N) is 4. The van der Waals surface area contributed by atoms with Gasteiger partial charge in [-0.25, -0.2) is 9.55 Å². The molecule has 0 bridgehead atoms. The molecule has 4 aromatic heterocycles. The molecule has 5 nitrogen and oxygen atoms in total. The second-order valence-corrected chi connectivity index (χ2v) is 4.69. The molecule has 0 atom stereocenters. The lowest BCUT2D eigenvalue weighted by molar-refractivity contribution is -0.671. The smallest absolute Gasteiger partial charge is 0.345 e. The number of rotatable bonds is 0. The summed E-state index contributed by atoms with van der Waals surface area (Å²) < 4.78 is 10.1. The number of oxazole rings is 1. The van der Waals surface area contributed by atoms with E-state index in [1.165, 1.54) is 0 Å². The van der Waals surface area contributed by atoms with Gasteiger partial charge in [0.1, 0.15) is 6.54 Å². The molecule has 5 heteroatoms. The van der Waals surface area contributed by atoms with Gasteiger partial charge in [-0.2, -0.15) is 4.40 Å². The quantitative estimate of drug-likeness (QED) is 0.393. The summed E-state index contributed by atoms with van der Waals surface area (Å²) in [6, 6.07) is 7.97. The molecule has 0 fully saturated rings. The Labute approximate surface area is 107 Å². The fraction of sp³-hybridized carbons (Fsp3) is 0.0714. The van der Waals surface area contributed by atoms with Crippen LogP contribution in [0.1, 0.15) is 5.69 Å². The summed E-state index contributed by atoms with van der Waals surface area (Å²) in [7, 11) is 0. The first kappa shape index (κ1) is 9.27. The molecule has 0 radical (unpaired) electrons. The monoisotopic (exact) mass is 249 g/mol. The zero-order valence-corrected chi connectivity index (χ0v) is 9.95. The first-order valence-corrected chi connectivity index (χ1v) is 6.14. The van der Waals surface area contributed by atoms with Crippen LogP contribution >= 0.6 is 0 Å². The van der Waals surface area contributed by atoms with E-state index in [1.54, 1.807) is 6.20 Å². The predicted molar refractivity (Wildman–Crippen MR) is 67.5 cm³/mol. The van der Waals surface area contributed by atoms with Crippen LogP contribution in [0.2, 0.25) is 0 Å². The van der Waals surface area contributed by atoms with E-state index in [4.69, 9.17) is 4.42 Å². The third kappa shape index (κ3) is 1.03. The second kappa shape index (κ2) is 3.00. The highest BCUT2D eigenvalue weighted by atomic mass is 16.4. The van der Waals surface area contributed by atoms with Gasteiger partial charge in [-0.15, -0.1) is 0 Å². The molecule has 0 amide bonds. The lowest BCUT2D eigenvalue weighted by Crippen LogP contribution is -2.29. The van der Waals surface area contributed by atoms with Crippen molar-refractivity contribution >= 4 is 16.9 Å². The van der Waals surface area contributed by atoms with Crippen LogP contribution in [-0.2, 0) is 6.54 Å². The Morgan fingerprint density at radius 3 is 3.05 bits per heavy atom. The highest BCUT2D eigenvalue weighted by Crippen LogP contribution is 2.31. The maximum absolute atomic E-state index is 5.90. The van der Waals surface area contributed by atoms with Crippen molar-refractivity contribution in [3.63, 3.8) is 0 Å². The minimum Gasteiger partial charge on any atom is -0.396 e. The molecule has 0 unspecified atom stereocenters. The molecule has 0 saturated carbocycles. The van der Waals surface area contributed by atoms with Crippen LogP contribution in [-0.4, -0.2) is 14.4 Å². The number of hydrogen-bond donors (Lipinski definition) is 0. The average molecular weight is 249 g/mol. The maximum Gasteiger partial charge on any atom is 0.345 e. The molecule has 0 aromatic carbocycles. The van der Waals surface area contributed by atoms with Gasteiger partial charge in [0.2, 0.25) is 5.69 Å². The number of hydrogen-bond acceptors (Lipinski definition) is 3. The van der Waals surface area contributed by atoms with E-state index < -0.39 is 0 Å². The van der Waals surface area contributed by atoms with E-state index in [1.807, 2.05) is 28.8 Å². The minimum atomic E-state index is 0.665.